The molecule has 3 heteroatoms. The van der Waals surface area contributed by atoms with E-state index in [-0.39, 0.29) is 5.82 Å². The molecule has 0 atom stereocenters. The zero-order valence-corrected chi connectivity index (χ0v) is 6.01. The maximum Gasteiger partial charge on any atom is 0.129 e. The van der Waals surface area contributed by atoms with Crippen molar-refractivity contribution in [1.29, 1.82) is 0 Å². The third-order valence-electron chi connectivity index (χ3n) is 0.733. The van der Waals surface area contributed by atoms with Crippen LogP contribution in [0.2, 0.25) is 0 Å². The van der Waals surface area contributed by atoms with Crippen molar-refractivity contribution >= 4 is 15.9 Å². The van der Waals surface area contributed by atoms with Gasteiger partial charge in [0.2, 0.25) is 0 Å². The Balaban J connectivity index is 3.16. The van der Waals surface area contributed by atoms with Crippen LogP contribution >= 0.6 is 15.9 Å². The van der Waals surface area contributed by atoms with Crippen LogP contribution in [0.1, 0.15) is 19.5 Å². The minimum atomic E-state index is -2.77. The van der Waals surface area contributed by atoms with Gasteiger partial charge in [-0.1, -0.05) is 6.85 Å². The van der Waals surface area contributed by atoms with Crippen LogP contribution in [-0.4, -0.2) is 9.97 Å². The summed E-state index contributed by atoms with van der Waals surface area (Å²) in [4.78, 5) is 7.28. The van der Waals surface area contributed by atoms with E-state index in [2.05, 4.69) is 25.9 Å². The largest absolute Gasteiger partial charge is 0.241 e. The minimum Gasteiger partial charge on any atom is -0.241 e. The molecule has 9 heavy (non-hydrogen) atoms. The summed E-state index contributed by atoms with van der Waals surface area (Å²) in [6, 6.07) is 1.50. The number of aryl methyl sites for hydroxylation is 1. The number of aromatic nitrogens is 2. The summed E-state index contributed by atoms with van der Waals surface area (Å²) >= 11 is 3.02. The van der Waals surface area contributed by atoms with E-state index in [4.69, 9.17) is 6.85 Å². The summed E-state index contributed by atoms with van der Waals surface area (Å²) in [5.74, 6) is -0.341. The molecular formula is C6H7BrN2. The molecule has 0 saturated heterocycles. The van der Waals surface area contributed by atoms with Crippen LogP contribution in [0.4, 0.5) is 0 Å². The molecule has 0 spiro atoms. The van der Waals surface area contributed by atoms with Gasteiger partial charge < -0.3 is 0 Å². The second kappa shape index (κ2) is 2.92. The number of rotatable bonds is 1. The van der Waals surface area contributed by atoms with E-state index in [9.17, 15) is 0 Å². The maximum atomic E-state index is 7.37. The fourth-order valence-electron chi connectivity index (χ4n) is 0.397. The molecule has 0 N–H and O–H groups in total. The maximum absolute atomic E-state index is 7.37. The molecule has 1 rings (SSSR count). The van der Waals surface area contributed by atoms with Crippen molar-refractivity contribution in [1.82, 2.24) is 9.97 Å². The van der Waals surface area contributed by atoms with Crippen molar-refractivity contribution in [2.75, 3.05) is 0 Å². The van der Waals surface area contributed by atoms with E-state index < -0.39 is 13.2 Å². The van der Waals surface area contributed by atoms with Crippen molar-refractivity contribution < 1.29 is 6.85 Å². The summed E-state index contributed by atoms with van der Waals surface area (Å²) in [6.07, 6.45) is -1.23. The predicted octanol–water partition coefficient (Wildman–Crippen LogP) is 1.80. The lowest BCUT2D eigenvalue weighted by Gasteiger charge is -1.92. The SMILES string of the molecule is [2H]C([2H])([2H])C([2H])([2H])c1nccc(Br)n1. The molecule has 0 radical (unpaired) electrons. The van der Waals surface area contributed by atoms with Gasteiger partial charge in [0.05, 0.1) is 0 Å². The highest BCUT2D eigenvalue weighted by Gasteiger charge is 1.90. The predicted molar refractivity (Wildman–Crippen MR) is 39.1 cm³/mol. The molecule has 0 aromatic carbocycles. The number of hydrogen-bond donors (Lipinski definition) is 0. The molecule has 0 saturated carbocycles. The molecule has 48 valence electrons. The first-order valence-corrected chi connectivity index (χ1v) is 3.03. The van der Waals surface area contributed by atoms with Gasteiger partial charge in [-0.05, 0) is 22.0 Å². The van der Waals surface area contributed by atoms with Crippen LogP contribution in [0.3, 0.4) is 0 Å². The Bertz CT molecular complexity index is 337. The molecule has 1 aromatic heterocycles. The van der Waals surface area contributed by atoms with Crippen molar-refractivity contribution in [3.05, 3.63) is 22.7 Å². The van der Waals surface area contributed by atoms with E-state index in [0.717, 1.165) is 0 Å². The smallest absolute Gasteiger partial charge is 0.129 e. The van der Waals surface area contributed by atoms with E-state index in [1.54, 1.807) is 0 Å². The highest BCUT2D eigenvalue weighted by Crippen LogP contribution is 2.03. The van der Waals surface area contributed by atoms with Crippen LogP contribution in [0.15, 0.2) is 16.9 Å². The molecule has 0 unspecified atom stereocenters. The summed E-state index contributed by atoms with van der Waals surface area (Å²) < 4.78 is 36.1. The second-order valence-electron chi connectivity index (χ2n) is 1.33. The quantitative estimate of drug-likeness (QED) is 0.634. The Hall–Kier alpha value is -0.440. The molecule has 2 nitrogen and oxygen atoms in total. The van der Waals surface area contributed by atoms with Gasteiger partial charge in [0, 0.05) is 19.4 Å². The van der Waals surface area contributed by atoms with E-state index in [0.29, 0.717) is 4.60 Å². The van der Waals surface area contributed by atoms with Gasteiger partial charge in [-0.25, -0.2) is 9.97 Å². The Morgan fingerprint density at radius 2 is 2.89 bits per heavy atom. The first kappa shape index (κ1) is 2.66. The monoisotopic (exact) mass is 191 g/mol. The minimum absolute atomic E-state index is 0.341. The fourth-order valence-corrected chi connectivity index (χ4v) is 0.683. The van der Waals surface area contributed by atoms with Gasteiger partial charge in [0.25, 0.3) is 0 Å². The second-order valence-corrected chi connectivity index (χ2v) is 2.14. The molecule has 0 fully saturated rings. The van der Waals surface area contributed by atoms with Crippen LogP contribution in [0.25, 0.3) is 0 Å². The van der Waals surface area contributed by atoms with E-state index in [1.807, 2.05) is 0 Å². The average Bonchev–Trinajstić information content (AvgIpc) is 2.02. The highest BCUT2D eigenvalue weighted by molar-refractivity contribution is 9.10. The zero-order valence-electron chi connectivity index (χ0n) is 9.43. The fraction of sp³-hybridized carbons (Fsp3) is 0.333. The van der Waals surface area contributed by atoms with Gasteiger partial charge in [-0.2, -0.15) is 0 Å². The van der Waals surface area contributed by atoms with Gasteiger partial charge in [-0.3, -0.25) is 0 Å². The summed E-state index contributed by atoms with van der Waals surface area (Å²) in [7, 11) is 0. The van der Waals surface area contributed by atoms with Crippen molar-refractivity contribution in [2.24, 2.45) is 0 Å². The Morgan fingerprint density at radius 3 is 3.56 bits per heavy atom. The lowest BCUT2D eigenvalue weighted by Crippen LogP contribution is -1.90. The van der Waals surface area contributed by atoms with Gasteiger partial charge in [0.1, 0.15) is 10.4 Å². The first-order chi connectivity index (χ1) is 6.25. The van der Waals surface area contributed by atoms with Crippen molar-refractivity contribution in [3.8, 4) is 0 Å². The molecule has 0 aliphatic carbocycles. The summed E-state index contributed by atoms with van der Waals surface area (Å²) in [5.41, 5.74) is 0. The van der Waals surface area contributed by atoms with Gasteiger partial charge >= 0.3 is 0 Å². The third kappa shape index (κ3) is 1.75. The van der Waals surface area contributed by atoms with E-state index >= 15 is 0 Å². The first-order valence-electron chi connectivity index (χ1n) is 4.74. The molecule has 0 amide bonds. The average molecular weight is 192 g/mol. The summed E-state index contributed by atoms with van der Waals surface area (Å²) in [5, 5.41) is 0. The highest BCUT2D eigenvalue weighted by atomic mass is 79.9. The summed E-state index contributed by atoms with van der Waals surface area (Å²) in [6.45, 7) is -2.77. The van der Waals surface area contributed by atoms with Crippen molar-refractivity contribution in [2.45, 2.75) is 13.2 Å². The Labute approximate surface area is 69.5 Å². The van der Waals surface area contributed by atoms with Crippen LogP contribution < -0.4 is 0 Å². The molecule has 0 bridgehead atoms. The lowest BCUT2D eigenvalue weighted by atomic mass is 10.4. The Kier molecular flexibility index (Phi) is 0.862. The van der Waals surface area contributed by atoms with Crippen LogP contribution in [0, 0.1) is 0 Å². The molecule has 0 aliphatic heterocycles. The number of nitrogens with zero attached hydrogens (tertiary/aromatic N) is 2. The lowest BCUT2D eigenvalue weighted by molar-refractivity contribution is 0.928. The van der Waals surface area contributed by atoms with Crippen molar-refractivity contribution in [3.63, 3.8) is 0 Å². The molecule has 1 aromatic rings. The zero-order chi connectivity index (χ0) is 11.0. The standard InChI is InChI=1S/C6H7BrN2/c1-2-6-8-4-3-5(7)9-6/h3-4H,2H2,1H3/i1D3,2D2. The normalized spacial score (nSPS) is 20.8. The topological polar surface area (TPSA) is 25.8 Å². The van der Waals surface area contributed by atoms with Crippen LogP contribution in [-0.2, 0) is 6.37 Å². The third-order valence-corrected chi connectivity index (χ3v) is 1.18. The Morgan fingerprint density at radius 1 is 2.00 bits per heavy atom. The van der Waals surface area contributed by atoms with Gasteiger partial charge in [0.15, 0.2) is 0 Å². The molecule has 1 heterocycles. The van der Waals surface area contributed by atoms with E-state index in [1.165, 1.54) is 12.3 Å². The van der Waals surface area contributed by atoms with Crippen LogP contribution in [0.5, 0.6) is 0 Å². The number of halogens is 1. The number of hydrogen-bond acceptors (Lipinski definition) is 2. The molecule has 0 aliphatic rings. The van der Waals surface area contributed by atoms with Gasteiger partial charge in [-0.15, -0.1) is 0 Å². The molecular weight excluding hydrogens is 180 g/mol.